The van der Waals surface area contributed by atoms with E-state index in [1.54, 1.807) is 23.9 Å². The predicted octanol–water partition coefficient (Wildman–Crippen LogP) is 3.20. The third-order valence-electron chi connectivity index (χ3n) is 6.26. The highest BCUT2D eigenvalue weighted by molar-refractivity contribution is 5.80. The molecule has 1 aliphatic carbocycles. The summed E-state index contributed by atoms with van der Waals surface area (Å²) in [5, 5.41) is 27.0. The molecule has 13 heteroatoms. The smallest absolute Gasteiger partial charge is 0.309 e. The Morgan fingerprint density at radius 2 is 1.97 bits per heavy atom. The summed E-state index contributed by atoms with van der Waals surface area (Å²) in [5.41, 5.74) is -0.864. The Hall–Kier alpha value is -4.52. The number of rotatable bonds is 4. The quantitative estimate of drug-likeness (QED) is 0.474. The van der Waals surface area contributed by atoms with Crippen molar-refractivity contribution >= 4 is 11.0 Å². The second kappa shape index (κ2) is 8.06. The van der Waals surface area contributed by atoms with E-state index in [0.717, 1.165) is 25.1 Å². The molecule has 1 N–H and O–H groups in total. The molecule has 0 aromatic carbocycles. The highest BCUT2D eigenvalue weighted by atomic mass is 19.4. The number of hydrogen-bond acceptors (Lipinski definition) is 7. The number of hydrogen-bond donors (Lipinski definition) is 1. The summed E-state index contributed by atoms with van der Waals surface area (Å²) < 4.78 is 41.7. The SMILES string of the molecule is C[C@@H](c1ccc(C(F)(F)F)nc1)n1nc(C#N)c2c(=O)[nH]c([C@@H]3CC[C@H]3n3ccc(C#N)n3)nc21. The van der Waals surface area contributed by atoms with Crippen LogP contribution in [-0.2, 0) is 6.18 Å². The van der Waals surface area contributed by atoms with Gasteiger partial charge >= 0.3 is 6.18 Å². The van der Waals surface area contributed by atoms with Crippen LogP contribution in [0.4, 0.5) is 13.2 Å². The van der Waals surface area contributed by atoms with Gasteiger partial charge in [-0.15, -0.1) is 0 Å². The Morgan fingerprint density at radius 3 is 2.54 bits per heavy atom. The fourth-order valence-corrected chi connectivity index (χ4v) is 4.25. The van der Waals surface area contributed by atoms with Crippen LogP contribution in [0.5, 0.6) is 0 Å². The number of fused-ring (bicyclic) bond motifs is 1. The zero-order valence-corrected chi connectivity index (χ0v) is 18.2. The molecule has 1 aliphatic rings. The molecule has 35 heavy (non-hydrogen) atoms. The zero-order valence-electron chi connectivity index (χ0n) is 18.2. The Kier molecular flexibility index (Phi) is 5.13. The average molecular weight is 479 g/mol. The van der Waals surface area contributed by atoms with E-state index in [9.17, 15) is 23.2 Å². The fourth-order valence-electron chi connectivity index (χ4n) is 4.25. The monoisotopic (exact) mass is 479 g/mol. The summed E-state index contributed by atoms with van der Waals surface area (Å²) in [5.74, 6) is 0.201. The van der Waals surface area contributed by atoms with E-state index in [4.69, 9.17) is 5.26 Å². The molecule has 0 saturated heterocycles. The van der Waals surface area contributed by atoms with Gasteiger partial charge in [0, 0.05) is 18.3 Å². The molecule has 0 unspecified atom stereocenters. The van der Waals surface area contributed by atoms with E-state index >= 15 is 0 Å². The predicted molar refractivity (Wildman–Crippen MR) is 114 cm³/mol. The lowest BCUT2D eigenvalue weighted by atomic mass is 9.79. The van der Waals surface area contributed by atoms with Gasteiger partial charge in [-0.05, 0) is 37.5 Å². The van der Waals surface area contributed by atoms with Crippen LogP contribution in [0.25, 0.3) is 11.0 Å². The highest BCUT2D eigenvalue weighted by Crippen LogP contribution is 2.44. The number of H-pyrrole nitrogens is 1. The van der Waals surface area contributed by atoms with E-state index in [-0.39, 0.29) is 34.4 Å². The van der Waals surface area contributed by atoms with Gasteiger partial charge in [0.1, 0.15) is 29.0 Å². The van der Waals surface area contributed by atoms with Crippen molar-refractivity contribution in [3.63, 3.8) is 0 Å². The number of nitrogens with zero attached hydrogens (tertiary/aromatic N) is 8. The van der Waals surface area contributed by atoms with Gasteiger partial charge in [-0.3, -0.25) is 14.5 Å². The molecular formula is C22H16F3N9O. The zero-order chi connectivity index (χ0) is 24.9. The van der Waals surface area contributed by atoms with E-state index in [0.29, 0.717) is 11.4 Å². The van der Waals surface area contributed by atoms with Gasteiger partial charge < -0.3 is 4.98 Å². The number of nitriles is 2. The van der Waals surface area contributed by atoms with Crippen molar-refractivity contribution in [3.05, 3.63) is 69.4 Å². The van der Waals surface area contributed by atoms with Gasteiger partial charge in [0.15, 0.2) is 17.0 Å². The topological polar surface area (TPSA) is 142 Å². The molecule has 1 saturated carbocycles. The summed E-state index contributed by atoms with van der Waals surface area (Å²) in [6.45, 7) is 1.67. The lowest BCUT2D eigenvalue weighted by Crippen LogP contribution is -2.31. The Balaban J connectivity index is 1.56. The summed E-state index contributed by atoms with van der Waals surface area (Å²) in [4.78, 5) is 23.8. The van der Waals surface area contributed by atoms with Crippen molar-refractivity contribution in [1.82, 2.24) is 34.5 Å². The number of halogens is 3. The number of alkyl halides is 3. The Bertz CT molecular complexity index is 1570. The summed E-state index contributed by atoms with van der Waals surface area (Å²) in [7, 11) is 0. The summed E-state index contributed by atoms with van der Waals surface area (Å²) >= 11 is 0. The molecule has 3 atom stereocenters. The van der Waals surface area contributed by atoms with Crippen LogP contribution >= 0.6 is 0 Å². The first-order chi connectivity index (χ1) is 16.7. The van der Waals surface area contributed by atoms with Gasteiger partial charge in [0.2, 0.25) is 0 Å². The highest BCUT2D eigenvalue weighted by Gasteiger charge is 2.37. The molecule has 1 fully saturated rings. The Labute approximate surface area is 195 Å². The van der Waals surface area contributed by atoms with Crippen LogP contribution in [0.1, 0.15) is 66.2 Å². The van der Waals surface area contributed by atoms with Crippen molar-refractivity contribution in [2.24, 2.45) is 0 Å². The molecule has 4 aromatic rings. The molecule has 5 rings (SSSR count). The third-order valence-corrected chi connectivity index (χ3v) is 6.26. The molecule has 176 valence electrons. The van der Waals surface area contributed by atoms with Crippen molar-refractivity contribution in [2.45, 2.75) is 43.9 Å². The van der Waals surface area contributed by atoms with Gasteiger partial charge in [-0.1, -0.05) is 6.07 Å². The standard InChI is InChI=1S/C22H16F3N9O/c1-11(12-2-5-17(28-10-12)22(23,24)25)34-20-18(15(9-27)32-34)21(35)30-19(29-20)14-3-4-16(14)33-7-6-13(8-26)31-33/h2,5-7,10-11,14,16H,3-4H2,1H3,(H,29,30,35)/t11-,14+,16+/m0/s1. The van der Waals surface area contributed by atoms with E-state index in [1.807, 2.05) is 12.1 Å². The minimum Gasteiger partial charge on any atom is -0.309 e. The van der Waals surface area contributed by atoms with Gasteiger partial charge in [-0.25, -0.2) is 9.67 Å². The second-order valence-corrected chi connectivity index (χ2v) is 8.25. The number of aromatic nitrogens is 7. The summed E-state index contributed by atoms with van der Waals surface area (Å²) in [6, 6.07) is 6.85. The third kappa shape index (κ3) is 3.71. The van der Waals surface area contributed by atoms with Crippen LogP contribution in [0.15, 0.2) is 35.4 Å². The first-order valence-corrected chi connectivity index (χ1v) is 10.6. The minimum atomic E-state index is -4.57. The maximum Gasteiger partial charge on any atom is 0.433 e. The van der Waals surface area contributed by atoms with Crippen molar-refractivity contribution in [3.8, 4) is 12.1 Å². The van der Waals surface area contributed by atoms with Gasteiger partial charge in [-0.2, -0.15) is 33.9 Å². The normalized spacial score (nSPS) is 18.6. The van der Waals surface area contributed by atoms with Crippen LogP contribution < -0.4 is 5.56 Å². The number of nitrogens with one attached hydrogen (secondary N) is 1. The molecule has 0 spiro atoms. The van der Waals surface area contributed by atoms with Gasteiger partial charge in [0.05, 0.1) is 12.1 Å². The molecular weight excluding hydrogens is 463 g/mol. The lowest BCUT2D eigenvalue weighted by Gasteiger charge is -2.35. The maximum atomic E-state index is 12.9. The summed E-state index contributed by atoms with van der Waals surface area (Å²) in [6.07, 6.45) is -0.287. The van der Waals surface area contributed by atoms with Crippen LogP contribution in [0, 0.1) is 22.7 Å². The Morgan fingerprint density at radius 1 is 1.17 bits per heavy atom. The molecule has 0 amide bonds. The van der Waals surface area contributed by atoms with Crippen LogP contribution in [0.2, 0.25) is 0 Å². The number of aromatic amines is 1. The molecule has 0 radical (unpaired) electrons. The van der Waals surface area contributed by atoms with Crippen molar-refractivity contribution < 1.29 is 13.2 Å². The fraction of sp³-hybridized carbons (Fsp3) is 0.318. The van der Waals surface area contributed by atoms with E-state index in [2.05, 4.69) is 25.1 Å². The molecule has 10 nitrogen and oxygen atoms in total. The molecule has 0 aliphatic heterocycles. The first kappa shape index (κ1) is 22.3. The van der Waals surface area contributed by atoms with E-state index in [1.165, 1.54) is 10.7 Å². The van der Waals surface area contributed by atoms with Crippen molar-refractivity contribution in [2.75, 3.05) is 0 Å². The maximum absolute atomic E-state index is 12.9. The largest absolute Gasteiger partial charge is 0.433 e. The van der Waals surface area contributed by atoms with Crippen LogP contribution in [0.3, 0.4) is 0 Å². The van der Waals surface area contributed by atoms with Gasteiger partial charge in [0.25, 0.3) is 5.56 Å². The minimum absolute atomic E-state index is 0.00435. The lowest BCUT2D eigenvalue weighted by molar-refractivity contribution is -0.141. The molecule has 0 bridgehead atoms. The second-order valence-electron chi connectivity index (χ2n) is 8.25. The van der Waals surface area contributed by atoms with Crippen molar-refractivity contribution in [1.29, 1.82) is 10.5 Å². The average Bonchev–Trinajstić information content (AvgIpc) is 3.42. The first-order valence-electron chi connectivity index (χ1n) is 10.6. The van der Waals surface area contributed by atoms with Crippen LogP contribution in [-0.4, -0.2) is 34.5 Å². The molecule has 4 heterocycles. The number of pyridine rings is 1. The van der Waals surface area contributed by atoms with E-state index < -0.39 is 23.5 Å². The molecule has 4 aromatic heterocycles.